The highest BCUT2D eigenvalue weighted by Gasteiger charge is 2.22. The van der Waals surface area contributed by atoms with E-state index in [4.69, 9.17) is 0 Å². The molecule has 0 bridgehead atoms. The van der Waals surface area contributed by atoms with Crippen LogP contribution in [0.1, 0.15) is 19.9 Å². The molecule has 5 heteroatoms. The molecule has 0 saturated carbocycles. The normalized spacial score (nSPS) is 22.6. The van der Waals surface area contributed by atoms with Crippen LogP contribution in [0.25, 0.3) is 0 Å². The molecule has 102 valence electrons. The van der Waals surface area contributed by atoms with Gasteiger partial charge in [0.2, 0.25) is 5.95 Å². The third-order valence-corrected chi connectivity index (χ3v) is 3.70. The van der Waals surface area contributed by atoms with Crippen LogP contribution in [0.5, 0.6) is 0 Å². The van der Waals surface area contributed by atoms with Gasteiger partial charge in [0, 0.05) is 50.7 Å². The molecule has 1 aliphatic heterocycles. The molecule has 0 radical (unpaired) electrons. The first-order chi connectivity index (χ1) is 8.58. The molecule has 1 unspecified atom stereocenters. The van der Waals surface area contributed by atoms with Crippen molar-refractivity contribution in [3.05, 3.63) is 12.4 Å². The van der Waals surface area contributed by atoms with Crippen LogP contribution in [-0.4, -0.2) is 65.7 Å². The second kappa shape index (κ2) is 5.71. The van der Waals surface area contributed by atoms with Crippen molar-refractivity contribution >= 4 is 5.95 Å². The van der Waals surface area contributed by atoms with Crippen molar-refractivity contribution in [2.24, 2.45) is 0 Å². The van der Waals surface area contributed by atoms with Gasteiger partial charge in [0.1, 0.15) is 0 Å². The summed E-state index contributed by atoms with van der Waals surface area (Å²) in [5, 5.41) is 3.48. The average molecular weight is 251 g/mol. The van der Waals surface area contributed by atoms with Crippen molar-refractivity contribution in [1.82, 2.24) is 19.4 Å². The number of piperazine rings is 1. The zero-order chi connectivity index (χ0) is 13.1. The van der Waals surface area contributed by atoms with Gasteiger partial charge in [0.05, 0.1) is 0 Å². The second-order valence-corrected chi connectivity index (χ2v) is 5.53. The largest absolute Gasteiger partial charge is 0.354 e. The molecule has 1 saturated heterocycles. The number of aromatic nitrogens is 2. The monoisotopic (exact) mass is 251 g/mol. The predicted molar refractivity (Wildman–Crippen MR) is 75.0 cm³/mol. The molecule has 5 nitrogen and oxygen atoms in total. The number of nitrogens with one attached hydrogen (secondary N) is 1. The fourth-order valence-electron chi connectivity index (χ4n) is 2.40. The third kappa shape index (κ3) is 3.03. The van der Waals surface area contributed by atoms with Crippen LogP contribution >= 0.6 is 0 Å². The summed E-state index contributed by atoms with van der Waals surface area (Å²) in [6, 6.07) is 1.00. The van der Waals surface area contributed by atoms with E-state index in [1.54, 1.807) is 0 Å². The Morgan fingerprint density at radius 2 is 2.17 bits per heavy atom. The molecule has 1 aliphatic rings. The van der Waals surface area contributed by atoms with Gasteiger partial charge in [-0.15, -0.1) is 0 Å². The second-order valence-electron chi connectivity index (χ2n) is 5.53. The zero-order valence-electron chi connectivity index (χ0n) is 11.9. The quantitative estimate of drug-likeness (QED) is 0.870. The first-order valence-electron chi connectivity index (χ1n) is 6.73. The van der Waals surface area contributed by atoms with E-state index >= 15 is 0 Å². The first-order valence-corrected chi connectivity index (χ1v) is 6.73. The lowest BCUT2D eigenvalue weighted by Crippen LogP contribution is -2.52. The van der Waals surface area contributed by atoms with E-state index < -0.39 is 0 Å². The van der Waals surface area contributed by atoms with E-state index in [1.165, 1.54) is 0 Å². The highest BCUT2D eigenvalue weighted by Crippen LogP contribution is 2.13. The predicted octanol–water partition coefficient (Wildman–Crippen LogP) is 1.12. The minimum Gasteiger partial charge on any atom is -0.354 e. The van der Waals surface area contributed by atoms with Gasteiger partial charge < -0.3 is 14.8 Å². The molecule has 0 aromatic carbocycles. The molecule has 2 heterocycles. The maximum Gasteiger partial charge on any atom is 0.203 e. The van der Waals surface area contributed by atoms with E-state index in [2.05, 4.69) is 52.6 Å². The van der Waals surface area contributed by atoms with Gasteiger partial charge in [-0.3, -0.25) is 4.90 Å². The van der Waals surface area contributed by atoms with Crippen molar-refractivity contribution < 1.29 is 0 Å². The highest BCUT2D eigenvalue weighted by atomic mass is 15.3. The van der Waals surface area contributed by atoms with Gasteiger partial charge in [-0.1, -0.05) is 0 Å². The number of rotatable bonds is 4. The van der Waals surface area contributed by atoms with Crippen molar-refractivity contribution in [2.45, 2.75) is 25.9 Å². The Hall–Kier alpha value is -1.07. The maximum atomic E-state index is 4.39. The summed E-state index contributed by atoms with van der Waals surface area (Å²) in [4.78, 5) is 9.20. The molecule has 1 aromatic heterocycles. The summed E-state index contributed by atoms with van der Waals surface area (Å²) in [5.41, 5.74) is 0. The van der Waals surface area contributed by atoms with Crippen LogP contribution in [0.3, 0.4) is 0 Å². The lowest BCUT2D eigenvalue weighted by molar-refractivity contribution is 0.121. The summed E-state index contributed by atoms with van der Waals surface area (Å²) in [6.45, 7) is 8.71. The van der Waals surface area contributed by atoms with Crippen LogP contribution in [-0.2, 0) is 0 Å². The number of anilines is 1. The van der Waals surface area contributed by atoms with Gasteiger partial charge in [0.15, 0.2) is 0 Å². The van der Waals surface area contributed by atoms with Crippen LogP contribution in [0.4, 0.5) is 5.95 Å². The van der Waals surface area contributed by atoms with E-state index in [9.17, 15) is 0 Å². The maximum absolute atomic E-state index is 4.39. The topological polar surface area (TPSA) is 36.3 Å². The zero-order valence-corrected chi connectivity index (χ0v) is 11.9. The number of imidazole rings is 1. The van der Waals surface area contributed by atoms with Crippen molar-refractivity contribution in [3.8, 4) is 0 Å². The molecule has 1 fully saturated rings. The minimum atomic E-state index is 0.446. The summed E-state index contributed by atoms with van der Waals surface area (Å²) in [5.74, 6) is 0.978. The Morgan fingerprint density at radius 1 is 1.39 bits per heavy atom. The number of hydrogen-bond acceptors (Lipinski definition) is 4. The summed E-state index contributed by atoms with van der Waals surface area (Å²) in [6.07, 6.45) is 3.89. The molecule has 1 atom stereocenters. The lowest BCUT2D eigenvalue weighted by atomic mass is 10.2. The van der Waals surface area contributed by atoms with E-state index in [0.29, 0.717) is 12.1 Å². The van der Waals surface area contributed by atoms with Crippen LogP contribution in [0.15, 0.2) is 12.4 Å². The average Bonchev–Trinajstić information content (AvgIpc) is 2.79. The Balaban J connectivity index is 1.92. The van der Waals surface area contributed by atoms with Crippen LogP contribution in [0.2, 0.25) is 0 Å². The van der Waals surface area contributed by atoms with Gasteiger partial charge in [0.25, 0.3) is 0 Å². The molecule has 1 aromatic rings. The molecule has 18 heavy (non-hydrogen) atoms. The third-order valence-electron chi connectivity index (χ3n) is 3.70. The smallest absolute Gasteiger partial charge is 0.203 e. The van der Waals surface area contributed by atoms with E-state index in [0.717, 1.165) is 32.1 Å². The SMILES string of the molecule is CC(C)n1ccnc1NCC1CN(C)CCN1C. The van der Waals surface area contributed by atoms with Crippen LogP contribution < -0.4 is 5.32 Å². The van der Waals surface area contributed by atoms with Gasteiger partial charge in [-0.05, 0) is 27.9 Å². The Labute approximate surface area is 110 Å². The van der Waals surface area contributed by atoms with Crippen molar-refractivity contribution in [2.75, 3.05) is 45.6 Å². The standard InChI is InChI=1S/C13H25N5/c1-11(2)18-6-5-14-13(18)15-9-12-10-16(3)7-8-17(12)4/h5-6,11-12H,7-10H2,1-4H3,(H,14,15). The van der Waals surface area contributed by atoms with Crippen molar-refractivity contribution in [3.63, 3.8) is 0 Å². The molecule has 2 rings (SSSR count). The number of nitrogens with zero attached hydrogens (tertiary/aromatic N) is 4. The van der Waals surface area contributed by atoms with E-state index in [-0.39, 0.29) is 0 Å². The number of likely N-dealkylation sites (N-methyl/N-ethyl adjacent to an activating group) is 2. The summed E-state index contributed by atoms with van der Waals surface area (Å²) >= 11 is 0. The van der Waals surface area contributed by atoms with Gasteiger partial charge >= 0.3 is 0 Å². The molecule has 0 spiro atoms. The fraction of sp³-hybridized carbons (Fsp3) is 0.769. The van der Waals surface area contributed by atoms with Gasteiger partial charge in [-0.25, -0.2) is 4.98 Å². The molecule has 0 aliphatic carbocycles. The summed E-state index contributed by atoms with van der Waals surface area (Å²) < 4.78 is 2.17. The number of hydrogen-bond donors (Lipinski definition) is 1. The highest BCUT2D eigenvalue weighted by molar-refractivity contribution is 5.27. The minimum absolute atomic E-state index is 0.446. The van der Waals surface area contributed by atoms with E-state index in [1.807, 2.05) is 12.4 Å². The Kier molecular flexibility index (Phi) is 4.24. The summed E-state index contributed by atoms with van der Waals surface area (Å²) in [7, 11) is 4.39. The molecule has 0 amide bonds. The Bertz CT molecular complexity index is 373. The Morgan fingerprint density at radius 3 is 2.89 bits per heavy atom. The van der Waals surface area contributed by atoms with Gasteiger partial charge in [-0.2, -0.15) is 0 Å². The molecular weight excluding hydrogens is 226 g/mol. The van der Waals surface area contributed by atoms with Crippen LogP contribution in [0, 0.1) is 0 Å². The lowest BCUT2D eigenvalue weighted by Gasteiger charge is -2.37. The fourth-order valence-corrected chi connectivity index (χ4v) is 2.40. The first kappa shape index (κ1) is 13.4. The van der Waals surface area contributed by atoms with Crippen molar-refractivity contribution in [1.29, 1.82) is 0 Å². The molecule has 1 N–H and O–H groups in total. The molecular formula is C13H25N5.